The van der Waals surface area contributed by atoms with Gasteiger partial charge in [-0.2, -0.15) is 4.98 Å². The van der Waals surface area contributed by atoms with Crippen molar-refractivity contribution in [1.82, 2.24) is 14.8 Å². The van der Waals surface area contributed by atoms with E-state index >= 15 is 0 Å². The summed E-state index contributed by atoms with van der Waals surface area (Å²) >= 11 is 3.32. The number of hydrogen-bond acceptors (Lipinski definition) is 3. The molecule has 2 aliphatic rings. The lowest BCUT2D eigenvalue weighted by molar-refractivity contribution is 0.468. The average molecular weight is 295 g/mol. The first kappa shape index (κ1) is 11.0. The third-order valence-corrected chi connectivity index (χ3v) is 3.80. The van der Waals surface area contributed by atoms with E-state index in [-0.39, 0.29) is 0 Å². The van der Waals surface area contributed by atoms with Gasteiger partial charge in [-0.05, 0) is 40.8 Å². The van der Waals surface area contributed by atoms with E-state index in [9.17, 15) is 0 Å². The van der Waals surface area contributed by atoms with E-state index in [2.05, 4.69) is 49.1 Å². The Kier molecular flexibility index (Phi) is 2.78. The van der Waals surface area contributed by atoms with Gasteiger partial charge in [-0.1, -0.05) is 18.2 Å². The number of aryl methyl sites for hydroxylation is 1. The second-order valence-corrected chi connectivity index (χ2v) is 5.22. The molecule has 0 N–H and O–H groups in total. The van der Waals surface area contributed by atoms with Gasteiger partial charge in [0.1, 0.15) is 0 Å². The molecule has 0 spiro atoms. The van der Waals surface area contributed by atoms with Crippen molar-refractivity contribution in [2.45, 2.75) is 25.3 Å². The van der Waals surface area contributed by atoms with Crippen LogP contribution in [0.2, 0.25) is 0 Å². The molecule has 90 valence electrons. The second-order valence-electron chi connectivity index (χ2n) is 4.51. The van der Waals surface area contributed by atoms with E-state index < -0.39 is 0 Å². The van der Waals surface area contributed by atoms with Crippen molar-refractivity contribution in [2.24, 2.45) is 7.05 Å². The van der Waals surface area contributed by atoms with Crippen LogP contribution in [0.25, 0.3) is 0 Å². The van der Waals surface area contributed by atoms with Gasteiger partial charge >= 0.3 is 0 Å². The molecule has 1 aliphatic heterocycles. The standard InChI is InChI=1S/C12H15BrN4/c1-16-12(14-11(13)15-16)17-8-7-10(17)9-5-3-2-4-6-9/h2-3,5,10H,4,6-8H2,1H3. The molecule has 2 heterocycles. The minimum Gasteiger partial charge on any atom is -0.334 e. The largest absolute Gasteiger partial charge is 0.334 e. The first-order valence-corrected chi connectivity index (χ1v) is 6.74. The van der Waals surface area contributed by atoms with Crippen molar-refractivity contribution in [3.63, 3.8) is 0 Å². The topological polar surface area (TPSA) is 34.0 Å². The van der Waals surface area contributed by atoms with Gasteiger partial charge in [0.05, 0.1) is 6.04 Å². The smallest absolute Gasteiger partial charge is 0.225 e. The van der Waals surface area contributed by atoms with E-state index in [1.54, 1.807) is 0 Å². The van der Waals surface area contributed by atoms with E-state index in [0.717, 1.165) is 12.5 Å². The van der Waals surface area contributed by atoms with Crippen molar-refractivity contribution in [3.05, 3.63) is 28.5 Å². The number of anilines is 1. The number of hydrogen-bond donors (Lipinski definition) is 0. The average Bonchev–Trinajstić information content (AvgIpc) is 2.58. The molecule has 0 radical (unpaired) electrons. The molecule has 4 nitrogen and oxygen atoms in total. The highest BCUT2D eigenvalue weighted by molar-refractivity contribution is 9.10. The van der Waals surface area contributed by atoms with Crippen molar-refractivity contribution in [3.8, 4) is 0 Å². The number of rotatable bonds is 2. The van der Waals surface area contributed by atoms with Crippen molar-refractivity contribution in [2.75, 3.05) is 11.4 Å². The summed E-state index contributed by atoms with van der Waals surface area (Å²) in [5.74, 6) is 0.962. The molecule has 0 aromatic carbocycles. The first-order chi connectivity index (χ1) is 8.25. The third kappa shape index (κ3) is 1.92. The molecule has 1 saturated heterocycles. The quantitative estimate of drug-likeness (QED) is 0.840. The molecule has 1 fully saturated rings. The Morgan fingerprint density at radius 1 is 1.47 bits per heavy atom. The number of halogens is 1. The zero-order valence-corrected chi connectivity index (χ0v) is 11.4. The monoisotopic (exact) mass is 294 g/mol. The van der Waals surface area contributed by atoms with Gasteiger partial charge in [0.2, 0.25) is 10.7 Å². The summed E-state index contributed by atoms with van der Waals surface area (Å²) in [5, 5.41) is 4.24. The number of allylic oxidation sites excluding steroid dienone is 3. The Balaban J connectivity index is 1.83. The molecule has 0 saturated carbocycles. The maximum atomic E-state index is 4.43. The summed E-state index contributed by atoms with van der Waals surface area (Å²) in [6.45, 7) is 1.07. The molecule has 0 amide bonds. The van der Waals surface area contributed by atoms with Crippen LogP contribution in [-0.4, -0.2) is 27.4 Å². The van der Waals surface area contributed by atoms with Crippen LogP contribution in [0.3, 0.4) is 0 Å². The van der Waals surface area contributed by atoms with Crippen molar-refractivity contribution < 1.29 is 0 Å². The van der Waals surface area contributed by atoms with Crippen molar-refractivity contribution >= 4 is 21.9 Å². The zero-order valence-electron chi connectivity index (χ0n) is 9.80. The maximum Gasteiger partial charge on any atom is 0.225 e. The minimum absolute atomic E-state index is 0.523. The Hall–Kier alpha value is -1.10. The molecule has 1 unspecified atom stereocenters. The van der Waals surface area contributed by atoms with Crippen LogP contribution in [-0.2, 0) is 7.05 Å². The molecule has 0 bridgehead atoms. The lowest BCUT2D eigenvalue weighted by Crippen LogP contribution is -2.50. The van der Waals surface area contributed by atoms with Gasteiger partial charge in [-0.15, -0.1) is 5.10 Å². The third-order valence-electron chi connectivity index (χ3n) is 3.46. The Morgan fingerprint density at radius 3 is 2.88 bits per heavy atom. The van der Waals surface area contributed by atoms with Gasteiger partial charge in [-0.3, -0.25) is 0 Å². The molecule has 3 rings (SSSR count). The van der Waals surface area contributed by atoms with Gasteiger partial charge in [0, 0.05) is 13.6 Å². The van der Waals surface area contributed by atoms with Gasteiger partial charge < -0.3 is 4.90 Å². The highest BCUT2D eigenvalue weighted by atomic mass is 79.9. The van der Waals surface area contributed by atoms with Crippen LogP contribution in [0.5, 0.6) is 0 Å². The highest BCUT2D eigenvalue weighted by Gasteiger charge is 2.33. The summed E-state index contributed by atoms with van der Waals surface area (Å²) < 4.78 is 2.51. The molecule has 5 heteroatoms. The van der Waals surface area contributed by atoms with Crippen LogP contribution in [0.1, 0.15) is 19.3 Å². The van der Waals surface area contributed by atoms with Gasteiger partial charge in [-0.25, -0.2) is 4.68 Å². The van der Waals surface area contributed by atoms with Crippen LogP contribution in [0.15, 0.2) is 28.5 Å². The van der Waals surface area contributed by atoms with E-state index in [1.807, 2.05) is 11.7 Å². The van der Waals surface area contributed by atoms with E-state index in [0.29, 0.717) is 10.8 Å². The summed E-state index contributed by atoms with van der Waals surface area (Å²) in [4.78, 5) is 6.76. The number of aromatic nitrogens is 3. The SMILES string of the molecule is Cn1nc(Br)nc1N1CCC1C1=CC=CCC1. The van der Waals surface area contributed by atoms with Crippen LogP contribution in [0.4, 0.5) is 5.95 Å². The van der Waals surface area contributed by atoms with E-state index in [1.165, 1.54) is 24.8 Å². The lowest BCUT2D eigenvalue weighted by Gasteiger charge is -2.43. The van der Waals surface area contributed by atoms with Crippen molar-refractivity contribution in [1.29, 1.82) is 0 Å². The van der Waals surface area contributed by atoms with Crippen LogP contribution in [0, 0.1) is 0 Å². The Labute approximate surface area is 109 Å². The summed E-state index contributed by atoms with van der Waals surface area (Å²) in [5.41, 5.74) is 1.53. The predicted molar refractivity (Wildman–Crippen MR) is 70.9 cm³/mol. The normalized spacial score (nSPS) is 23.5. The second kappa shape index (κ2) is 4.29. The summed E-state index contributed by atoms with van der Waals surface area (Å²) in [6, 6.07) is 0.523. The molecule has 1 aliphatic carbocycles. The van der Waals surface area contributed by atoms with Crippen LogP contribution < -0.4 is 4.90 Å². The number of nitrogens with zero attached hydrogens (tertiary/aromatic N) is 4. The van der Waals surface area contributed by atoms with E-state index in [4.69, 9.17) is 0 Å². The fourth-order valence-corrected chi connectivity index (χ4v) is 2.90. The molecule has 1 aromatic heterocycles. The lowest BCUT2D eigenvalue weighted by atomic mass is 9.89. The molecule has 1 atom stereocenters. The predicted octanol–water partition coefficient (Wildman–Crippen LogP) is 2.43. The molecule has 1 aromatic rings. The van der Waals surface area contributed by atoms with Crippen LogP contribution >= 0.6 is 15.9 Å². The first-order valence-electron chi connectivity index (χ1n) is 5.94. The Bertz CT molecular complexity index is 489. The fraction of sp³-hybridized carbons (Fsp3) is 0.500. The Morgan fingerprint density at radius 2 is 2.35 bits per heavy atom. The summed E-state index contributed by atoms with van der Waals surface area (Å²) in [7, 11) is 1.94. The van der Waals surface area contributed by atoms with Gasteiger partial charge in [0.15, 0.2) is 0 Å². The highest BCUT2D eigenvalue weighted by Crippen LogP contribution is 2.32. The molecule has 17 heavy (non-hydrogen) atoms. The maximum absolute atomic E-state index is 4.43. The molecular formula is C12H15BrN4. The van der Waals surface area contributed by atoms with Gasteiger partial charge in [0.25, 0.3) is 0 Å². The fourth-order valence-electron chi connectivity index (χ4n) is 2.51. The minimum atomic E-state index is 0.523. The molecular weight excluding hydrogens is 280 g/mol. The summed E-state index contributed by atoms with van der Waals surface area (Å²) in [6.07, 6.45) is 10.2. The zero-order chi connectivity index (χ0) is 11.8.